The highest BCUT2D eigenvalue weighted by atomic mass is 32.1. The number of thiophene rings is 1. The SMILES string of the molecule is C=N.Cc1cccc2oc3ccc(-c4ccc5c6c(cccc46)-c4ccccc4-5)cc3c12.Cc1ccccc1.N=C(N)c1cccc2sc3ccccc3c12. The molecule has 55 heavy (non-hydrogen) atoms. The third-order valence-electron chi connectivity index (χ3n) is 10.2. The molecule has 0 atom stereocenters. The molecule has 0 unspecified atom stereocenters. The van der Waals surface area contributed by atoms with Crippen LogP contribution in [0.15, 0.2) is 168 Å². The van der Waals surface area contributed by atoms with E-state index in [1.807, 2.05) is 42.5 Å². The molecule has 0 aliphatic heterocycles. The van der Waals surface area contributed by atoms with Crippen molar-refractivity contribution in [2.45, 2.75) is 13.8 Å². The number of amidine groups is 1. The number of nitrogens with two attached hydrogens (primary N) is 1. The third kappa shape index (κ3) is 6.35. The molecule has 266 valence electrons. The largest absolute Gasteiger partial charge is 0.456 e. The number of fused-ring (bicyclic) bond motifs is 9. The summed E-state index contributed by atoms with van der Waals surface area (Å²) in [7, 11) is 0. The number of benzene rings is 8. The van der Waals surface area contributed by atoms with Crippen molar-refractivity contribution in [2.24, 2.45) is 5.73 Å². The molecule has 0 spiro atoms. The summed E-state index contributed by atoms with van der Waals surface area (Å²) in [6.45, 7) is 6.74. The molecule has 11 rings (SSSR count). The normalized spacial score (nSPS) is 11.0. The highest BCUT2D eigenvalue weighted by molar-refractivity contribution is 7.25. The van der Waals surface area contributed by atoms with Gasteiger partial charge in [0.05, 0.1) is 0 Å². The molecule has 2 heterocycles. The standard InChI is InChI=1S/C29H18O.C13H10N2S.C7H8.CH3N/c1-17-6-4-11-27-28(17)25-16-18(12-15-26(25)30-27)19-13-14-24-21-8-3-2-7-20(21)23-10-5-9-22(19)29(23)24;14-13(15)9-5-3-7-11-12(9)8-4-1-2-6-10(8)16-11;1-7-5-3-2-4-6-7;1-2/h2-16H,1H3;1-7H,(H3,14,15);2-6H,1H3;2H,1H2. The van der Waals surface area contributed by atoms with E-state index in [1.54, 1.807) is 11.3 Å². The van der Waals surface area contributed by atoms with Crippen molar-refractivity contribution in [3.63, 3.8) is 0 Å². The highest BCUT2D eigenvalue weighted by Crippen LogP contribution is 2.49. The minimum absolute atomic E-state index is 0.133. The summed E-state index contributed by atoms with van der Waals surface area (Å²) >= 11 is 1.74. The third-order valence-corrected chi connectivity index (χ3v) is 11.3. The van der Waals surface area contributed by atoms with Gasteiger partial charge in [0.25, 0.3) is 0 Å². The monoisotopic (exact) mass is 729 g/mol. The molecule has 5 heteroatoms. The van der Waals surface area contributed by atoms with Crippen molar-refractivity contribution in [3.05, 3.63) is 180 Å². The van der Waals surface area contributed by atoms with Crippen LogP contribution in [0.3, 0.4) is 0 Å². The lowest BCUT2D eigenvalue weighted by Crippen LogP contribution is -2.10. The summed E-state index contributed by atoms with van der Waals surface area (Å²) in [6.07, 6.45) is 0. The molecule has 8 aromatic carbocycles. The van der Waals surface area contributed by atoms with Gasteiger partial charge < -0.3 is 15.6 Å². The lowest BCUT2D eigenvalue weighted by atomic mass is 9.93. The van der Waals surface area contributed by atoms with E-state index in [4.69, 9.17) is 21.0 Å². The summed E-state index contributed by atoms with van der Waals surface area (Å²) in [4.78, 5) is 0. The van der Waals surface area contributed by atoms with Gasteiger partial charge in [-0.25, -0.2) is 0 Å². The highest BCUT2D eigenvalue weighted by Gasteiger charge is 2.22. The van der Waals surface area contributed by atoms with E-state index >= 15 is 0 Å². The maximum atomic E-state index is 7.61. The second-order valence-corrected chi connectivity index (χ2v) is 14.6. The maximum absolute atomic E-state index is 7.61. The fraction of sp³-hybridized carbons (Fsp3) is 0.0400. The second kappa shape index (κ2) is 14.9. The predicted octanol–water partition coefficient (Wildman–Crippen LogP) is 14.0. The first-order valence-corrected chi connectivity index (χ1v) is 19.0. The van der Waals surface area contributed by atoms with Crippen LogP contribution in [-0.2, 0) is 0 Å². The lowest BCUT2D eigenvalue weighted by molar-refractivity contribution is 0.669. The summed E-state index contributed by atoms with van der Waals surface area (Å²) in [5, 5.41) is 20.5. The summed E-state index contributed by atoms with van der Waals surface area (Å²) < 4.78 is 8.53. The van der Waals surface area contributed by atoms with E-state index in [0.29, 0.717) is 0 Å². The Hall–Kier alpha value is -6.82. The average molecular weight is 730 g/mol. The Kier molecular flexibility index (Phi) is 9.54. The average Bonchev–Trinajstić information content (AvgIpc) is 3.90. The quantitative estimate of drug-likeness (QED) is 0.122. The van der Waals surface area contributed by atoms with Gasteiger partial charge >= 0.3 is 0 Å². The summed E-state index contributed by atoms with van der Waals surface area (Å²) in [6, 6.07) is 57.3. The van der Waals surface area contributed by atoms with E-state index in [2.05, 4.69) is 142 Å². The van der Waals surface area contributed by atoms with Crippen LogP contribution in [0, 0.1) is 24.7 Å². The zero-order valence-corrected chi connectivity index (χ0v) is 31.5. The van der Waals surface area contributed by atoms with Gasteiger partial charge in [-0.05, 0) is 101 Å². The maximum Gasteiger partial charge on any atom is 0.135 e. The summed E-state index contributed by atoms with van der Waals surface area (Å²) in [5.74, 6) is 0.133. The van der Waals surface area contributed by atoms with Crippen LogP contribution in [0.2, 0.25) is 0 Å². The molecular formula is C50H39N3OS. The predicted molar refractivity (Wildman–Crippen MR) is 237 cm³/mol. The number of hydrogen-bond donors (Lipinski definition) is 3. The van der Waals surface area contributed by atoms with Crippen LogP contribution in [-0.4, -0.2) is 12.6 Å². The number of hydrogen-bond acceptors (Lipinski definition) is 4. The Balaban J connectivity index is 0.000000142. The molecule has 0 fully saturated rings. The van der Waals surface area contributed by atoms with Crippen molar-refractivity contribution in [2.75, 3.05) is 0 Å². The van der Waals surface area contributed by atoms with Crippen molar-refractivity contribution in [1.29, 1.82) is 10.8 Å². The molecular weight excluding hydrogens is 691 g/mol. The van der Waals surface area contributed by atoms with E-state index in [0.717, 1.165) is 22.1 Å². The van der Waals surface area contributed by atoms with Gasteiger partial charge in [0.1, 0.15) is 17.0 Å². The number of furan rings is 1. The van der Waals surface area contributed by atoms with Crippen LogP contribution in [0.25, 0.3) is 86.3 Å². The fourth-order valence-electron chi connectivity index (χ4n) is 7.77. The summed E-state index contributed by atoms with van der Waals surface area (Å²) in [5.41, 5.74) is 18.8. The van der Waals surface area contributed by atoms with Gasteiger partial charge in [0, 0.05) is 36.5 Å². The second-order valence-electron chi connectivity index (χ2n) is 13.5. The molecule has 4 N–H and O–H groups in total. The van der Waals surface area contributed by atoms with Crippen LogP contribution >= 0.6 is 11.3 Å². The van der Waals surface area contributed by atoms with Crippen molar-refractivity contribution >= 4 is 76.8 Å². The Morgan fingerprint density at radius 3 is 1.87 bits per heavy atom. The van der Waals surface area contributed by atoms with Crippen LogP contribution < -0.4 is 5.73 Å². The Labute approximate surface area is 324 Å². The molecule has 0 saturated heterocycles. The van der Waals surface area contributed by atoms with Gasteiger partial charge in [0.15, 0.2) is 0 Å². The van der Waals surface area contributed by atoms with Crippen molar-refractivity contribution in [1.82, 2.24) is 0 Å². The number of nitrogen functional groups attached to an aromatic ring is 1. The van der Waals surface area contributed by atoms with Gasteiger partial charge in [-0.3, -0.25) is 5.41 Å². The topological polar surface area (TPSA) is 86.9 Å². The molecule has 0 radical (unpaired) electrons. The molecule has 0 bridgehead atoms. The van der Waals surface area contributed by atoms with Crippen LogP contribution in [0.5, 0.6) is 0 Å². The minimum atomic E-state index is 0.133. The zero-order valence-electron chi connectivity index (χ0n) is 30.7. The molecule has 2 aromatic heterocycles. The Morgan fingerprint density at radius 1 is 0.509 bits per heavy atom. The van der Waals surface area contributed by atoms with Crippen LogP contribution in [0.4, 0.5) is 0 Å². The first-order chi connectivity index (χ1) is 27.0. The van der Waals surface area contributed by atoms with Gasteiger partial charge in [0.2, 0.25) is 0 Å². The van der Waals surface area contributed by atoms with Gasteiger partial charge in [-0.2, -0.15) is 0 Å². The lowest BCUT2D eigenvalue weighted by Gasteiger charge is -2.10. The number of rotatable bonds is 2. The smallest absolute Gasteiger partial charge is 0.135 e. The van der Waals surface area contributed by atoms with Gasteiger partial charge in [-0.1, -0.05) is 139 Å². The van der Waals surface area contributed by atoms with Gasteiger partial charge in [-0.15, -0.1) is 11.3 Å². The van der Waals surface area contributed by atoms with E-state index in [9.17, 15) is 0 Å². The Bertz CT molecular complexity index is 3000. The molecule has 4 nitrogen and oxygen atoms in total. The zero-order chi connectivity index (χ0) is 38.1. The minimum Gasteiger partial charge on any atom is -0.456 e. The molecule has 10 aromatic rings. The van der Waals surface area contributed by atoms with E-state index in [-0.39, 0.29) is 5.84 Å². The first-order valence-electron chi connectivity index (χ1n) is 18.2. The molecule has 0 amide bonds. The van der Waals surface area contributed by atoms with E-state index < -0.39 is 0 Å². The molecule has 1 aliphatic rings. The van der Waals surface area contributed by atoms with Crippen LogP contribution in [0.1, 0.15) is 16.7 Å². The Morgan fingerprint density at radius 2 is 1.13 bits per heavy atom. The van der Waals surface area contributed by atoms with E-state index in [1.165, 1.54) is 80.8 Å². The number of aryl methyl sites for hydroxylation is 2. The fourth-order valence-corrected chi connectivity index (χ4v) is 8.90. The van der Waals surface area contributed by atoms with Crippen molar-refractivity contribution < 1.29 is 4.42 Å². The molecule has 1 aliphatic carbocycles. The van der Waals surface area contributed by atoms with Crippen molar-refractivity contribution in [3.8, 4) is 33.4 Å². The molecule has 0 saturated carbocycles. The number of nitrogens with one attached hydrogen (secondary N) is 2. The first kappa shape index (κ1) is 35.2.